The van der Waals surface area contributed by atoms with Crippen LogP contribution in [0.2, 0.25) is 0 Å². The number of anilines is 1. The third kappa shape index (κ3) is 2.85. The van der Waals surface area contributed by atoms with Gasteiger partial charge in [0.1, 0.15) is 17.2 Å². The molecule has 0 unspecified atom stereocenters. The third-order valence-electron chi connectivity index (χ3n) is 3.87. The van der Waals surface area contributed by atoms with Gasteiger partial charge in [-0.25, -0.2) is 4.68 Å². The molecule has 6 heteroatoms. The normalized spacial score (nSPS) is 10.8. The Balaban J connectivity index is 1.63. The van der Waals surface area contributed by atoms with Crippen LogP contribution in [0.5, 0.6) is 17.2 Å². The summed E-state index contributed by atoms with van der Waals surface area (Å²) in [5, 5.41) is 5.27. The monoisotopic (exact) mass is 332 g/mol. The van der Waals surface area contributed by atoms with Crippen molar-refractivity contribution in [1.29, 1.82) is 0 Å². The molecule has 2 N–H and O–H groups in total. The lowest BCUT2D eigenvalue weighted by Gasteiger charge is -2.08. The van der Waals surface area contributed by atoms with E-state index < -0.39 is 0 Å². The third-order valence-corrected chi connectivity index (χ3v) is 3.87. The summed E-state index contributed by atoms with van der Waals surface area (Å²) in [7, 11) is 1.63. The summed E-state index contributed by atoms with van der Waals surface area (Å²) in [4.78, 5) is 4.15. The van der Waals surface area contributed by atoms with E-state index in [0.717, 1.165) is 28.1 Å². The van der Waals surface area contributed by atoms with Crippen LogP contribution in [-0.2, 0) is 0 Å². The number of hydrogen-bond donors (Lipinski definition) is 1. The van der Waals surface area contributed by atoms with Gasteiger partial charge in [-0.05, 0) is 42.5 Å². The molecule has 0 amide bonds. The molecule has 4 aromatic rings. The van der Waals surface area contributed by atoms with Crippen molar-refractivity contribution in [3.05, 3.63) is 67.0 Å². The van der Waals surface area contributed by atoms with Crippen molar-refractivity contribution in [3.63, 3.8) is 0 Å². The molecular weight excluding hydrogens is 316 g/mol. The van der Waals surface area contributed by atoms with Crippen LogP contribution in [-0.4, -0.2) is 21.9 Å². The van der Waals surface area contributed by atoms with Crippen molar-refractivity contribution in [2.45, 2.75) is 0 Å². The molecule has 0 radical (unpaired) electrons. The lowest BCUT2D eigenvalue weighted by Crippen LogP contribution is -1.97. The Morgan fingerprint density at radius 1 is 0.960 bits per heavy atom. The number of nitrogens with two attached hydrogens (primary N) is 1. The largest absolute Gasteiger partial charge is 0.497 e. The van der Waals surface area contributed by atoms with Gasteiger partial charge in [0.05, 0.1) is 24.5 Å². The Morgan fingerprint density at radius 3 is 2.56 bits per heavy atom. The summed E-state index contributed by atoms with van der Waals surface area (Å²) in [6, 6.07) is 16.9. The number of nitrogen functional groups attached to an aromatic ring is 1. The Bertz CT molecular complexity index is 1030. The van der Waals surface area contributed by atoms with Crippen molar-refractivity contribution < 1.29 is 9.47 Å². The van der Waals surface area contributed by atoms with E-state index in [1.54, 1.807) is 24.2 Å². The molecule has 2 aromatic heterocycles. The SMILES string of the molecule is COc1cccc(Oc2ccc(-n3nc(N)c4ccncc43)cc2)c1. The topological polar surface area (TPSA) is 75.2 Å². The zero-order valence-electron chi connectivity index (χ0n) is 13.6. The molecule has 2 aromatic carbocycles. The lowest BCUT2D eigenvalue weighted by molar-refractivity contribution is 0.409. The molecule has 0 saturated carbocycles. The number of methoxy groups -OCH3 is 1. The Labute approximate surface area is 144 Å². The van der Waals surface area contributed by atoms with Crippen LogP contribution in [0.1, 0.15) is 0 Å². The van der Waals surface area contributed by atoms with Crippen LogP contribution >= 0.6 is 0 Å². The summed E-state index contributed by atoms with van der Waals surface area (Å²) in [6.45, 7) is 0. The summed E-state index contributed by atoms with van der Waals surface area (Å²) in [5.41, 5.74) is 7.72. The van der Waals surface area contributed by atoms with Gasteiger partial charge in [-0.15, -0.1) is 5.10 Å². The van der Waals surface area contributed by atoms with E-state index >= 15 is 0 Å². The number of benzene rings is 2. The van der Waals surface area contributed by atoms with Gasteiger partial charge in [-0.1, -0.05) is 6.07 Å². The molecule has 0 aliphatic rings. The first-order valence-corrected chi connectivity index (χ1v) is 7.75. The molecular formula is C19H16N4O2. The van der Waals surface area contributed by atoms with Crippen LogP contribution in [0.3, 0.4) is 0 Å². The zero-order valence-corrected chi connectivity index (χ0v) is 13.6. The van der Waals surface area contributed by atoms with E-state index in [1.165, 1.54) is 0 Å². The first kappa shape index (κ1) is 15.0. The second-order valence-corrected chi connectivity index (χ2v) is 5.46. The first-order valence-electron chi connectivity index (χ1n) is 7.75. The van der Waals surface area contributed by atoms with Gasteiger partial charge < -0.3 is 15.2 Å². The van der Waals surface area contributed by atoms with Crippen LogP contribution in [0.4, 0.5) is 5.82 Å². The van der Waals surface area contributed by atoms with E-state index in [2.05, 4.69) is 10.1 Å². The summed E-state index contributed by atoms with van der Waals surface area (Å²) >= 11 is 0. The Morgan fingerprint density at radius 2 is 1.76 bits per heavy atom. The molecule has 0 saturated heterocycles. The highest BCUT2D eigenvalue weighted by molar-refractivity contribution is 5.89. The zero-order chi connectivity index (χ0) is 17.2. The van der Waals surface area contributed by atoms with Gasteiger partial charge in [0.15, 0.2) is 5.82 Å². The van der Waals surface area contributed by atoms with Gasteiger partial charge in [0.2, 0.25) is 0 Å². The maximum Gasteiger partial charge on any atom is 0.153 e. The van der Waals surface area contributed by atoms with Crippen LogP contribution in [0, 0.1) is 0 Å². The fourth-order valence-corrected chi connectivity index (χ4v) is 2.64. The summed E-state index contributed by atoms with van der Waals surface area (Å²) in [5.74, 6) is 2.67. The second-order valence-electron chi connectivity index (χ2n) is 5.46. The lowest BCUT2D eigenvalue weighted by atomic mass is 10.2. The van der Waals surface area contributed by atoms with Gasteiger partial charge in [0, 0.05) is 17.6 Å². The predicted molar refractivity (Wildman–Crippen MR) is 96.3 cm³/mol. The van der Waals surface area contributed by atoms with E-state index in [9.17, 15) is 0 Å². The molecule has 0 aliphatic heterocycles. The number of aromatic nitrogens is 3. The van der Waals surface area contributed by atoms with Crippen molar-refractivity contribution in [1.82, 2.24) is 14.8 Å². The number of rotatable bonds is 4. The fraction of sp³-hybridized carbons (Fsp3) is 0.0526. The molecule has 6 nitrogen and oxygen atoms in total. The minimum absolute atomic E-state index is 0.481. The van der Waals surface area contributed by atoms with Gasteiger partial charge in [0.25, 0.3) is 0 Å². The minimum atomic E-state index is 0.481. The quantitative estimate of drug-likeness (QED) is 0.615. The predicted octanol–water partition coefficient (Wildman–Crippen LogP) is 3.80. The van der Waals surface area contributed by atoms with Crippen LogP contribution in [0.25, 0.3) is 16.6 Å². The smallest absolute Gasteiger partial charge is 0.153 e. The highest BCUT2D eigenvalue weighted by Gasteiger charge is 2.09. The minimum Gasteiger partial charge on any atom is -0.497 e. The molecule has 124 valence electrons. The fourth-order valence-electron chi connectivity index (χ4n) is 2.64. The summed E-state index contributed by atoms with van der Waals surface area (Å²) in [6.07, 6.45) is 3.45. The second kappa shape index (κ2) is 6.16. The molecule has 0 fully saturated rings. The van der Waals surface area contributed by atoms with Crippen LogP contribution < -0.4 is 15.2 Å². The van der Waals surface area contributed by atoms with E-state index in [4.69, 9.17) is 15.2 Å². The van der Waals surface area contributed by atoms with Crippen molar-refractivity contribution in [2.75, 3.05) is 12.8 Å². The Kier molecular flexibility index (Phi) is 3.70. The molecule has 0 atom stereocenters. The maximum atomic E-state index is 5.98. The van der Waals surface area contributed by atoms with Crippen molar-refractivity contribution >= 4 is 16.7 Å². The highest BCUT2D eigenvalue weighted by atomic mass is 16.5. The standard InChI is InChI=1S/C19H16N4O2/c1-24-15-3-2-4-16(11-15)25-14-7-5-13(6-8-14)23-18-12-21-10-9-17(18)19(20)22-23/h2-12H,1H3,(H2,20,22). The van der Waals surface area contributed by atoms with Crippen LogP contribution in [0.15, 0.2) is 67.0 Å². The van der Waals surface area contributed by atoms with Gasteiger partial charge >= 0.3 is 0 Å². The van der Waals surface area contributed by atoms with Crippen molar-refractivity contribution in [2.24, 2.45) is 0 Å². The highest BCUT2D eigenvalue weighted by Crippen LogP contribution is 2.27. The molecule has 0 aliphatic carbocycles. The van der Waals surface area contributed by atoms with E-state index in [0.29, 0.717) is 11.6 Å². The molecule has 25 heavy (non-hydrogen) atoms. The van der Waals surface area contributed by atoms with Crippen molar-refractivity contribution in [3.8, 4) is 22.9 Å². The number of ether oxygens (including phenoxy) is 2. The average molecular weight is 332 g/mol. The number of hydrogen-bond acceptors (Lipinski definition) is 5. The number of fused-ring (bicyclic) bond motifs is 1. The van der Waals surface area contributed by atoms with E-state index in [-0.39, 0.29) is 0 Å². The molecule has 4 rings (SSSR count). The molecule has 0 spiro atoms. The van der Waals surface area contributed by atoms with E-state index in [1.807, 2.05) is 54.6 Å². The molecule has 2 heterocycles. The Hall–Kier alpha value is -3.54. The number of nitrogens with zero attached hydrogens (tertiary/aromatic N) is 3. The summed E-state index contributed by atoms with van der Waals surface area (Å²) < 4.78 is 12.8. The maximum absolute atomic E-state index is 5.98. The first-order chi connectivity index (χ1) is 12.2. The van der Waals surface area contributed by atoms with Gasteiger partial charge in [-0.2, -0.15) is 0 Å². The van der Waals surface area contributed by atoms with Gasteiger partial charge in [-0.3, -0.25) is 4.98 Å². The molecule has 0 bridgehead atoms. The average Bonchev–Trinajstić information content (AvgIpc) is 3.00. The number of pyridine rings is 1.